The number of nitrogens with zero attached hydrogens (tertiary/aromatic N) is 1. The molecule has 0 unspecified atom stereocenters. The summed E-state index contributed by atoms with van der Waals surface area (Å²) in [6, 6.07) is 0. The highest BCUT2D eigenvalue weighted by Crippen LogP contribution is 2.29. The number of rotatable bonds is 2. The van der Waals surface area contributed by atoms with Crippen molar-refractivity contribution in [3.8, 4) is 0 Å². The highest BCUT2D eigenvalue weighted by molar-refractivity contribution is 7.15. The lowest BCUT2D eigenvalue weighted by Crippen LogP contribution is -2.10. The largest absolute Gasteiger partial charge is 0.349 e. The van der Waals surface area contributed by atoms with Crippen LogP contribution in [0.15, 0.2) is 0 Å². The van der Waals surface area contributed by atoms with Crippen LogP contribution in [-0.4, -0.2) is 11.7 Å². The quantitative estimate of drug-likeness (QED) is 0.680. The molecule has 1 aliphatic carbocycles. The minimum Gasteiger partial charge on any atom is -0.349 e. The second-order valence-electron chi connectivity index (χ2n) is 2.98. The van der Waals surface area contributed by atoms with Crippen LogP contribution in [-0.2, 0) is 12.8 Å². The molecule has 0 atom stereocenters. The SMILES string of the molecule is NCNc1nc2c(s1)CCCC2. The first-order valence-corrected chi connectivity index (χ1v) is 5.14. The Hall–Kier alpha value is -0.610. The molecule has 66 valence electrons. The Bertz CT molecular complexity index is 246. The van der Waals surface area contributed by atoms with Gasteiger partial charge in [-0.2, -0.15) is 0 Å². The monoisotopic (exact) mass is 183 g/mol. The third-order valence-corrected chi connectivity index (χ3v) is 3.21. The summed E-state index contributed by atoms with van der Waals surface area (Å²) in [6.45, 7) is 0.479. The van der Waals surface area contributed by atoms with Gasteiger partial charge in [0.2, 0.25) is 0 Å². The molecule has 0 aromatic carbocycles. The van der Waals surface area contributed by atoms with Crippen molar-refractivity contribution < 1.29 is 0 Å². The van der Waals surface area contributed by atoms with E-state index in [0.29, 0.717) is 6.67 Å². The number of hydrogen-bond donors (Lipinski definition) is 2. The number of aromatic nitrogens is 1. The van der Waals surface area contributed by atoms with Crippen molar-refractivity contribution in [2.75, 3.05) is 12.0 Å². The van der Waals surface area contributed by atoms with Gasteiger partial charge in [0.1, 0.15) is 0 Å². The zero-order chi connectivity index (χ0) is 8.39. The van der Waals surface area contributed by atoms with E-state index in [1.54, 1.807) is 11.3 Å². The summed E-state index contributed by atoms with van der Waals surface area (Å²) in [7, 11) is 0. The molecule has 0 radical (unpaired) electrons. The summed E-state index contributed by atoms with van der Waals surface area (Å²) >= 11 is 1.76. The lowest BCUT2D eigenvalue weighted by Gasteiger charge is -2.06. The van der Waals surface area contributed by atoms with Crippen LogP contribution in [0, 0.1) is 0 Å². The first kappa shape index (κ1) is 8.01. The number of nitrogens with two attached hydrogens (primary N) is 1. The number of nitrogens with one attached hydrogen (secondary N) is 1. The number of aryl methyl sites for hydroxylation is 2. The van der Waals surface area contributed by atoms with Crippen molar-refractivity contribution >= 4 is 16.5 Å². The average molecular weight is 183 g/mol. The highest BCUT2D eigenvalue weighted by Gasteiger charge is 2.14. The van der Waals surface area contributed by atoms with Gasteiger partial charge >= 0.3 is 0 Å². The third-order valence-electron chi connectivity index (χ3n) is 2.10. The molecule has 1 heterocycles. The van der Waals surface area contributed by atoms with Crippen LogP contribution in [0.3, 0.4) is 0 Å². The normalized spacial score (nSPS) is 15.8. The fraction of sp³-hybridized carbons (Fsp3) is 0.625. The molecule has 0 spiro atoms. The summed E-state index contributed by atoms with van der Waals surface area (Å²) in [5.41, 5.74) is 6.67. The van der Waals surface area contributed by atoms with E-state index in [-0.39, 0.29) is 0 Å². The zero-order valence-electron chi connectivity index (χ0n) is 6.97. The lowest BCUT2D eigenvalue weighted by atomic mass is 10.0. The predicted octanol–water partition coefficient (Wildman–Crippen LogP) is 1.35. The predicted molar refractivity (Wildman–Crippen MR) is 51.4 cm³/mol. The standard InChI is InChI=1S/C8H13N3S/c9-5-10-8-11-6-3-1-2-4-7(6)12-8/h1-5,9H2,(H,10,11). The van der Waals surface area contributed by atoms with Crippen LogP contribution in [0.4, 0.5) is 5.13 Å². The van der Waals surface area contributed by atoms with Gasteiger partial charge in [-0.1, -0.05) is 0 Å². The van der Waals surface area contributed by atoms with Crippen molar-refractivity contribution in [2.45, 2.75) is 25.7 Å². The molecule has 0 amide bonds. The van der Waals surface area contributed by atoms with E-state index in [1.165, 1.54) is 29.8 Å². The maximum absolute atomic E-state index is 5.37. The van der Waals surface area contributed by atoms with Gasteiger partial charge in [0, 0.05) is 4.88 Å². The number of hydrogen-bond acceptors (Lipinski definition) is 4. The van der Waals surface area contributed by atoms with Gasteiger partial charge in [0.05, 0.1) is 12.4 Å². The Balaban J connectivity index is 2.20. The Morgan fingerprint density at radius 3 is 3.00 bits per heavy atom. The van der Waals surface area contributed by atoms with Crippen LogP contribution in [0.2, 0.25) is 0 Å². The van der Waals surface area contributed by atoms with Gasteiger partial charge in [0.15, 0.2) is 5.13 Å². The van der Waals surface area contributed by atoms with E-state index >= 15 is 0 Å². The summed E-state index contributed by atoms with van der Waals surface area (Å²) in [5, 5.41) is 4.04. The molecule has 0 fully saturated rings. The van der Waals surface area contributed by atoms with Crippen LogP contribution >= 0.6 is 11.3 Å². The topological polar surface area (TPSA) is 50.9 Å². The minimum atomic E-state index is 0.479. The van der Waals surface area contributed by atoms with Crippen molar-refractivity contribution in [2.24, 2.45) is 5.73 Å². The van der Waals surface area contributed by atoms with E-state index in [2.05, 4.69) is 10.3 Å². The van der Waals surface area contributed by atoms with Crippen LogP contribution in [0.5, 0.6) is 0 Å². The van der Waals surface area contributed by atoms with Crippen molar-refractivity contribution in [3.05, 3.63) is 10.6 Å². The molecule has 0 saturated heterocycles. The summed E-state index contributed by atoms with van der Waals surface area (Å²) in [6.07, 6.45) is 4.97. The van der Waals surface area contributed by atoms with Gasteiger partial charge in [-0.3, -0.25) is 0 Å². The molecule has 1 aliphatic rings. The maximum Gasteiger partial charge on any atom is 0.184 e. The summed E-state index contributed by atoms with van der Waals surface area (Å²) in [4.78, 5) is 5.92. The van der Waals surface area contributed by atoms with E-state index in [4.69, 9.17) is 5.73 Å². The number of fused-ring (bicyclic) bond motifs is 1. The number of thiazole rings is 1. The van der Waals surface area contributed by atoms with Crippen LogP contribution < -0.4 is 11.1 Å². The van der Waals surface area contributed by atoms with Crippen LogP contribution in [0.1, 0.15) is 23.4 Å². The molecule has 1 aromatic heterocycles. The van der Waals surface area contributed by atoms with Gasteiger partial charge < -0.3 is 11.1 Å². The van der Waals surface area contributed by atoms with Crippen molar-refractivity contribution in [1.82, 2.24) is 4.98 Å². The number of anilines is 1. The van der Waals surface area contributed by atoms with Crippen molar-refractivity contribution in [1.29, 1.82) is 0 Å². The van der Waals surface area contributed by atoms with Gasteiger partial charge in [0.25, 0.3) is 0 Å². The Kier molecular flexibility index (Phi) is 2.28. The van der Waals surface area contributed by atoms with Gasteiger partial charge in [-0.05, 0) is 25.7 Å². The van der Waals surface area contributed by atoms with E-state index in [1.807, 2.05) is 0 Å². The van der Waals surface area contributed by atoms with Gasteiger partial charge in [-0.15, -0.1) is 11.3 Å². The molecule has 2 rings (SSSR count). The highest BCUT2D eigenvalue weighted by atomic mass is 32.1. The second-order valence-corrected chi connectivity index (χ2v) is 4.06. The molecule has 3 nitrogen and oxygen atoms in total. The maximum atomic E-state index is 5.37. The van der Waals surface area contributed by atoms with Crippen LogP contribution in [0.25, 0.3) is 0 Å². The average Bonchev–Trinajstić information content (AvgIpc) is 2.47. The molecule has 0 saturated carbocycles. The molecular formula is C8H13N3S. The fourth-order valence-electron chi connectivity index (χ4n) is 1.51. The molecule has 3 N–H and O–H groups in total. The molecule has 12 heavy (non-hydrogen) atoms. The molecule has 0 bridgehead atoms. The second kappa shape index (κ2) is 3.41. The Labute approximate surface area is 76.0 Å². The minimum absolute atomic E-state index is 0.479. The fourth-order valence-corrected chi connectivity index (χ4v) is 2.57. The first-order valence-electron chi connectivity index (χ1n) is 4.32. The Morgan fingerprint density at radius 2 is 2.25 bits per heavy atom. The third kappa shape index (κ3) is 1.44. The Morgan fingerprint density at radius 1 is 1.42 bits per heavy atom. The summed E-state index contributed by atoms with van der Waals surface area (Å²) < 4.78 is 0. The zero-order valence-corrected chi connectivity index (χ0v) is 7.78. The molecule has 4 heteroatoms. The molecule has 1 aromatic rings. The van der Waals surface area contributed by atoms with E-state index < -0.39 is 0 Å². The molecular weight excluding hydrogens is 170 g/mol. The molecule has 0 aliphatic heterocycles. The summed E-state index contributed by atoms with van der Waals surface area (Å²) in [5.74, 6) is 0. The first-order chi connectivity index (χ1) is 5.90. The van der Waals surface area contributed by atoms with E-state index in [9.17, 15) is 0 Å². The smallest absolute Gasteiger partial charge is 0.184 e. The van der Waals surface area contributed by atoms with Gasteiger partial charge in [-0.25, -0.2) is 4.98 Å². The van der Waals surface area contributed by atoms with Crippen molar-refractivity contribution in [3.63, 3.8) is 0 Å². The van der Waals surface area contributed by atoms with E-state index in [0.717, 1.165) is 11.6 Å². The lowest BCUT2D eigenvalue weighted by molar-refractivity contribution is 0.682.